The van der Waals surface area contributed by atoms with Crippen LogP contribution in [0.4, 0.5) is 10.5 Å². The fourth-order valence-corrected chi connectivity index (χ4v) is 4.69. The van der Waals surface area contributed by atoms with Crippen LogP contribution in [-0.4, -0.2) is 35.6 Å². The van der Waals surface area contributed by atoms with Crippen molar-refractivity contribution in [2.75, 3.05) is 18.9 Å². The largest absolute Gasteiger partial charge is 0.449 e. The lowest BCUT2D eigenvalue weighted by Crippen LogP contribution is -2.30. The average Bonchev–Trinajstić information content (AvgIpc) is 3.17. The van der Waals surface area contributed by atoms with E-state index < -0.39 is 18.3 Å². The Morgan fingerprint density at radius 3 is 2.38 bits per heavy atom. The molecule has 0 aliphatic heterocycles. The van der Waals surface area contributed by atoms with Gasteiger partial charge < -0.3 is 26.0 Å². The molecule has 0 aromatic heterocycles. The number of ether oxygens (including phenoxy) is 1. The van der Waals surface area contributed by atoms with Gasteiger partial charge in [-0.3, -0.25) is 0 Å². The molecule has 1 aliphatic rings. The van der Waals surface area contributed by atoms with E-state index in [1.54, 1.807) is 18.2 Å². The molecule has 0 saturated heterocycles. The van der Waals surface area contributed by atoms with E-state index in [-0.39, 0.29) is 25.5 Å². The molecular formula is C26H25N3O4S. The molecule has 4 rings (SSSR count). The number of hydrogen-bond donors (Lipinski definition) is 4. The van der Waals surface area contributed by atoms with E-state index in [4.69, 9.17) is 15.7 Å². The Bertz CT molecular complexity index is 1180. The molecule has 0 bridgehead atoms. The maximum Gasteiger partial charge on any atom is 0.407 e. The second-order valence-electron chi connectivity index (χ2n) is 8.04. The van der Waals surface area contributed by atoms with Crippen LogP contribution >= 0.6 is 11.8 Å². The van der Waals surface area contributed by atoms with Crippen molar-refractivity contribution < 1.29 is 19.7 Å². The lowest BCUT2D eigenvalue weighted by molar-refractivity contribution is 0.0140. The van der Waals surface area contributed by atoms with Crippen molar-refractivity contribution in [3.8, 4) is 16.5 Å². The quantitative estimate of drug-likeness (QED) is 0.219. The number of carbonyl (C=O) groups excluding carboxylic acids is 1. The zero-order valence-electron chi connectivity index (χ0n) is 18.3. The van der Waals surface area contributed by atoms with Crippen molar-refractivity contribution in [2.24, 2.45) is 0 Å². The average molecular weight is 476 g/mol. The van der Waals surface area contributed by atoms with Gasteiger partial charge in [0.1, 0.15) is 18.1 Å². The number of thioether (sulfide) groups is 1. The minimum Gasteiger partial charge on any atom is -0.449 e. The first kappa shape index (κ1) is 23.6. The van der Waals surface area contributed by atoms with E-state index >= 15 is 0 Å². The number of hydrogen-bond acceptors (Lipinski definition) is 7. The molecule has 34 heavy (non-hydrogen) atoms. The fourth-order valence-electron chi connectivity index (χ4n) is 4.26. The molecule has 1 amide bonds. The molecule has 0 heterocycles. The number of benzene rings is 3. The van der Waals surface area contributed by atoms with Gasteiger partial charge in [0.05, 0.1) is 6.10 Å². The number of aliphatic hydroxyl groups is 2. The van der Waals surface area contributed by atoms with E-state index in [9.17, 15) is 15.0 Å². The third-order valence-electron chi connectivity index (χ3n) is 5.96. The smallest absolute Gasteiger partial charge is 0.407 e. The monoisotopic (exact) mass is 475 g/mol. The number of carbonyl (C=O) groups is 1. The maximum absolute atomic E-state index is 12.3. The number of fused-ring (bicyclic) bond motifs is 3. The third-order valence-corrected chi connectivity index (χ3v) is 6.54. The van der Waals surface area contributed by atoms with Crippen LogP contribution in [0.25, 0.3) is 11.1 Å². The number of nitrogens with one attached hydrogen (secondary N) is 1. The summed E-state index contributed by atoms with van der Waals surface area (Å²) < 4.78 is 5.48. The number of nitrogens with zero attached hydrogens (tertiary/aromatic N) is 1. The Labute approximate surface area is 202 Å². The van der Waals surface area contributed by atoms with Gasteiger partial charge in [0.25, 0.3) is 0 Å². The fraction of sp³-hybridized carbons (Fsp3) is 0.231. The van der Waals surface area contributed by atoms with Crippen LogP contribution in [-0.2, 0) is 4.74 Å². The second-order valence-corrected chi connectivity index (χ2v) is 8.90. The van der Waals surface area contributed by atoms with E-state index in [1.165, 1.54) is 0 Å². The Hall–Kier alpha value is -3.51. The summed E-state index contributed by atoms with van der Waals surface area (Å²) in [5.74, 6) is -0.0351. The Morgan fingerprint density at radius 2 is 1.74 bits per heavy atom. The van der Waals surface area contributed by atoms with Crippen LogP contribution in [0.2, 0.25) is 0 Å². The molecule has 0 radical (unpaired) electrons. The normalized spacial score (nSPS) is 13.9. The van der Waals surface area contributed by atoms with Crippen molar-refractivity contribution in [2.45, 2.75) is 29.4 Å². The zero-order chi connectivity index (χ0) is 24.1. The minimum atomic E-state index is -1.25. The molecule has 7 nitrogen and oxygen atoms in total. The van der Waals surface area contributed by atoms with Crippen molar-refractivity contribution in [1.29, 1.82) is 5.26 Å². The van der Waals surface area contributed by atoms with Gasteiger partial charge in [-0.05, 0) is 58.6 Å². The summed E-state index contributed by atoms with van der Waals surface area (Å²) in [6.45, 7) is 0.312. The van der Waals surface area contributed by atoms with E-state index in [2.05, 4.69) is 29.6 Å². The highest BCUT2D eigenvalue weighted by Gasteiger charge is 2.29. The van der Waals surface area contributed by atoms with Gasteiger partial charge in [-0.1, -0.05) is 48.5 Å². The van der Waals surface area contributed by atoms with Crippen LogP contribution in [0.15, 0.2) is 71.6 Å². The molecule has 2 unspecified atom stereocenters. The third kappa shape index (κ3) is 5.02. The van der Waals surface area contributed by atoms with Crippen molar-refractivity contribution in [3.05, 3.63) is 83.4 Å². The van der Waals surface area contributed by atoms with Crippen molar-refractivity contribution in [3.63, 3.8) is 0 Å². The minimum absolute atomic E-state index is 0.0351. The van der Waals surface area contributed by atoms with Crippen LogP contribution in [0.1, 0.15) is 35.1 Å². The van der Waals surface area contributed by atoms with E-state index in [0.717, 1.165) is 34.0 Å². The summed E-state index contributed by atoms with van der Waals surface area (Å²) in [4.78, 5) is 12.9. The number of thiocyanates is 1. The van der Waals surface area contributed by atoms with Crippen LogP contribution in [0.5, 0.6) is 0 Å². The molecule has 5 N–H and O–H groups in total. The maximum atomic E-state index is 12.3. The predicted octanol–water partition coefficient (Wildman–Crippen LogP) is 4.17. The number of aliphatic hydroxyl groups excluding tert-OH is 2. The molecule has 0 fully saturated rings. The van der Waals surface area contributed by atoms with Crippen molar-refractivity contribution in [1.82, 2.24) is 5.32 Å². The Balaban J connectivity index is 1.29. The SMILES string of the molecule is N#CSc1ccc(N)c(C(O)C(O)CCNC(=O)OCC2c3ccccc3-c3ccccc32)c1. The number of alkyl carbamates (subject to hydrolysis) is 1. The number of rotatable bonds is 8. The highest BCUT2D eigenvalue weighted by atomic mass is 32.2. The number of amides is 1. The molecule has 3 aromatic rings. The number of nitriles is 1. The lowest BCUT2D eigenvalue weighted by atomic mass is 9.98. The predicted molar refractivity (Wildman–Crippen MR) is 131 cm³/mol. The molecule has 1 aliphatic carbocycles. The summed E-state index contributed by atoms with van der Waals surface area (Å²) in [5, 5.41) is 34.3. The van der Waals surface area contributed by atoms with Gasteiger partial charge in [-0.15, -0.1) is 0 Å². The van der Waals surface area contributed by atoms with E-state index in [1.807, 2.05) is 29.7 Å². The summed E-state index contributed by atoms with van der Waals surface area (Å²) in [6, 6.07) is 21.0. The highest BCUT2D eigenvalue weighted by molar-refractivity contribution is 8.03. The summed E-state index contributed by atoms with van der Waals surface area (Å²) in [6.07, 6.45) is -2.89. The molecule has 2 atom stereocenters. The highest BCUT2D eigenvalue weighted by Crippen LogP contribution is 2.44. The van der Waals surface area contributed by atoms with Crippen molar-refractivity contribution >= 4 is 23.5 Å². The molecule has 0 spiro atoms. The lowest BCUT2D eigenvalue weighted by Gasteiger charge is -2.20. The van der Waals surface area contributed by atoms with Crippen LogP contribution < -0.4 is 11.1 Å². The summed E-state index contributed by atoms with van der Waals surface area (Å²) in [7, 11) is 0. The van der Waals surface area contributed by atoms with Gasteiger partial charge in [0.2, 0.25) is 0 Å². The molecular weight excluding hydrogens is 450 g/mol. The standard InChI is InChI=1S/C26H25N3O4S/c27-15-34-16-9-10-23(28)21(13-16)25(31)24(30)11-12-29-26(32)33-14-22-19-7-3-1-5-17(19)18-6-2-4-8-20(18)22/h1-10,13,22,24-25,30-31H,11-12,14,28H2,(H,29,32). The molecule has 174 valence electrons. The number of nitrogens with two attached hydrogens (primary N) is 1. The summed E-state index contributed by atoms with van der Waals surface area (Å²) >= 11 is 0.940. The summed E-state index contributed by atoms with van der Waals surface area (Å²) in [5.41, 5.74) is 11.1. The second kappa shape index (κ2) is 10.6. The first-order chi connectivity index (χ1) is 16.5. The van der Waals surface area contributed by atoms with Gasteiger partial charge in [0, 0.05) is 28.6 Å². The molecule has 3 aromatic carbocycles. The number of nitrogen functional groups attached to an aromatic ring is 1. The topological polar surface area (TPSA) is 129 Å². The van der Waals surface area contributed by atoms with Gasteiger partial charge in [-0.25, -0.2) is 4.79 Å². The molecule has 8 heteroatoms. The first-order valence-corrected chi connectivity index (χ1v) is 11.7. The van der Waals surface area contributed by atoms with Crippen LogP contribution in [0, 0.1) is 10.7 Å². The Morgan fingerprint density at radius 1 is 1.09 bits per heavy atom. The number of anilines is 1. The van der Waals surface area contributed by atoms with Crippen LogP contribution in [0.3, 0.4) is 0 Å². The van der Waals surface area contributed by atoms with Gasteiger partial charge in [-0.2, -0.15) is 5.26 Å². The van der Waals surface area contributed by atoms with Gasteiger partial charge >= 0.3 is 6.09 Å². The van der Waals surface area contributed by atoms with E-state index in [0.29, 0.717) is 16.1 Å². The Kier molecular flexibility index (Phi) is 7.38. The molecule has 0 saturated carbocycles. The van der Waals surface area contributed by atoms with Gasteiger partial charge in [0.15, 0.2) is 0 Å². The first-order valence-electron chi connectivity index (χ1n) is 10.9. The zero-order valence-corrected chi connectivity index (χ0v) is 19.2.